The van der Waals surface area contributed by atoms with E-state index in [-0.39, 0.29) is 30.9 Å². The van der Waals surface area contributed by atoms with Gasteiger partial charge in [0, 0.05) is 31.0 Å². The molecule has 0 bridgehead atoms. The zero-order chi connectivity index (χ0) is 20.3. The van der Waals surface area contributed by atoms with Crippen LogP contribution in [0.1, 0.15) is 31.3 Å². The largest absolute Gasteiger partial charge is 0.394 e. The molecule has 2 atom stereocenters. The summed E-state index contributed by atoms with van der Waals surface area (Å²) in [6.07, 6.45) is 3.03. The number of hydrogen-bond acceptors (Lipinski definition) is 5. The first kappa shape index (κ1) is 20.0. The first-order chi connectivity index (χ1) is 13.4. The zero-order valence-electron chi connectivity index (χ0n) is 16.3. The summed E-state index contributed by atoms with van der Waals surface area (Å²) in [5.41, 5.74) is 1.53. The fourth-order valence-corrected chi connectivity index (χ4v) is 3.17. The second-order valence-electron chi connectivity index (χ2n) is 7.22. The number of morpholine rings is 1. The predicted octanol–water partition coefficient (Wildman–Crippen LogP) is 1.48. The Hall–Kier alpha value is -2.71. The number of aryl methyl sites for hydroxylation is 1. The molecule has 1 aliphatic heterocycles. The fraction of sp³-hybridized carbons (Fsp3) is 0.450. The van der Waals surface area contributed by atoms with E-state index >= 15 is 0 Å². The van der Waals surface area contributed by atoms with E-state index in [1.807, 2.05) is 43.8 Å². The van der Waals surface area contributed by atoms with Crippen LogP contribution in [0.3, 0.4) is 0 Å². The monoisotopic (exact) mass is 386 g/mol. The molecular formula is C20H26N4O4. The fourth-order valence-electron chi connectivity index (χ4n) is 3.17. The summed E-state index contributed by atoms with van der Waals surface area (Å²) in [4.78, 5) is 30.1. The average Bonchev–Trinajstić information content (AvgIpc) is 3.08. The van der Waals surface area contributed by atoms with Crippen molar-refractivity contribution in [2.24, 2.45) is 13.0 Å². The second kappa shape index (κ2) is 8.53. The van der Waals surface area contributed by atoms with Crippen molar-refractivity contribution in [3.8, 4) is 0 Å². The zero-order valence-corrected chi connectivity index (χ0v) is 16.3. The van der Waals surface area contributed by atoms with E-state index in [2.05, 4.69) is 10.3 Å². The van der Waals surface area contributed by atoms with Crippen molar-refractivity contribution in [2.75, 3.05) is 18.5 Å². The van der Waals surface area contributed by atoms with Crippen LogP contribution in [0.15, 0.2) is 36.7 Å². The molecule has 3 rings (SSSR count). The van der Waals surface area contributed by atoms with Crippen molar-refractivity contribution >= 4 is 17.5 Å². The molecule has 1 fully saturated rings. The SMILES string of the molecule is CC(C)C(=O)Nc1ccc([C@H]2OCC(=O)N(Cc3nccn3C)[C@@H]2CO)cc1. The smallest absolute Gasteiger partial charge is 0.249 e. The Balaban J connectivity index is 1.78. The highest BCUT2D eigenvalue weighted by Gasteiger charge is 2.37. The van der Waals surface area contributed by atoms with Gasteiger partial charge in [0.1, 0.15) is 18.5 Å². The number of aliphatic hydroxyl groups is 1. The molecule has 1 aromatic heterocycles. The summed E-state index contributed by atoms with van der Waals surface area (Å²) in [6, 6.07) is 6.77. The molecule has 28 heavy (non-hydrogen) atoms. The minimum atomic E-state index is -0.519. The van der Waals surface area contributed by atoms with Crippen LogP contribution in [-0.2, 0) is 27.9 Å². The van der Waals surface area contributed by atoms with Gasteiger partial charge in [0.25, 0.3) is 0 Å². The maximum absolute atomic E-state index is 12.4. The Labute approximate surface area is 164 Å². The first-order valence-corrected chi connectivity index (χ1v) is 9.29. The van der Waals surface area contributed by atoms with Gasteiger partial charge >= 0.3 is 0 Å². The van der Waals surface area contributed by atoms with Gasteiger partial charge in [-0.1, -0.05) is 26.0 Å². The van der Waals surface area contributed by atoms with Crippen molar-refractivity contribution in [1.82, 2.24) is 14.5 Å². The topological polar surface area (TPSA) is 96.7 Å². The molecule has 2 N–H and O–H groups in total. The molecule has 8 nitrogen and oxygen atoms in total. The van der Waals surface area contributed by atoms with Crippen molar-refractivity contribution in [1.29, 1.82) is 0 Å². The summed E-state index contributed by atoms with van der Waals surface area (Å²) in [5, 5.41) is 12.8. The minimum Gasteiger partial charge on any atom is -0.394 e. The van der Waals surface area contributed by atoms with Crippen LogP contribution in [-0.4, -0.2) is 50.6 Å². The van der Waals surface area contributed by atoms with E-state index in [1.165, 1.54) is 0 Å². The van der Waals surface area contributed by atoms with Gasteiger partial charge in [-0.2, -0.15) is 0 Å². The Kier molecular flexibility index (Phi) is 6.11. The number of aliphatic hydroxyl groups excluding tert-OH is 1. The van der Waals surface area contributed by atoms with E-state index in [9.17, 15) is 14.7 Å². The van der Waals surface area contributed by atoms with Crippen LogP contribution in [0, 0.1) is 5.92 Å². The molecule has 8 heteroatoms. The van der Waals surface area contributed by atoms with Crippen molar-refractivity contribution < 1.29 is 19.4 Å². The Bertz CT molecular complexity index is 831. The number of nitrogens with zero attached hydrogens (tertiary/aromatic N) is 3. The number of anilines is 1. The maximum atomic E-state index is 12.4. The number of amides is 2. The third-order valence-electron chi connectivity index (χ3n) is 4.91. The number of imidazole rings is 1. The highest BCUT2D eigenvalue weighted by molar-refractivity contribution is 5.92. The lowest BCUT2D eigenvalue weighted by Crippen LogP contribution is -2.52. The number of aromatic nitrogens is 2. The molecular weight excluding hydrogens is 360 g/mol. The molecule has 1 aliphatic rings. The second-order valence-corrected chi connectivity index (χ2v) is 7.22. The maximum Gasteiger partial charge on any atom is 0.249 e. The number of rotatable bonds is 6. The molecule has 0 saturated carbocycles. The van der Waals surface area contributed by atoms with E-state index in [1.54, 1.807) is 23.2 Å². The molecule has 0 spiro atoms. The van der Waals surface area contributed by atoms with Gasteiger partial charge in [-0.25, -0.2) is 4.98 Å². The molecule has 2 heterocycles. The van der Waals surface area contributed by atoms with Crippen molar-refractivity contribution in [2.45, 2.75) is 32.5 Å². The summed E-state index contributed by atoms with van der Waals surface area (Å²) >= 11 is 0. The number of nitrogens with one attached hydrogen (secondary N) is 1. The van der Waals surface area contributed by atoms with Crippen LogP contribution in [0.25, 0.3) is 0 Å². The third kappa shape index (κ3) is 4.23. The van der Waals surface area contributed by atoms with Crippen molar-refractivity contribution in [3.05, 3.63) is 48.0 Å². The van der Waals surface area contributed by atoms with Gasteiger partial charge in [-0.3, -0.25) is 9.59 Å². The standard InChI is InChI=1S/C20H26N4O4/c1-13(2)20(27)22-15-6-4-14(5-7-15)19-16(11-25)24(18(26)12-28-19)10-17-21-8-9-23(17)3/h4-9,13,16,19,25H,10-12H2,1-3H3,(H,22,27)/t16-,19-/m1/s1. The molecule has 2 amide bonds. The normalized spacial score (nSPS) is 19.9. The van der Waals surface area contributed by atoms with Gasteiger partial charge in [-0.05, 0) is 17.7 Å². The van der Waals surface area contributed by atoms with E-state index in [4.69, 9.17) is 4.74 Å². The quantitative estimate of drug-likeness (QED) is 0.784. The van der Waals surface area contributed by atoms with E-state index in [0.717, 1.165) is 11.4 Å². The number of ether oxygens (including phenoxy) is 1. The van der Waals surface area contributed by atoms with E-state index in [0.29, 0.717) is 12.2 Å². The summed E-state index contributed by atoms with van der Waals surface area (Å²) < 4.78 is 7.60. The van der Waals surface area contributed by atoms with Crippen LogP contribution < -0.4 is 5.32 Å². The van der Waals surface area contributed by atoms with Crippen LogP contribution in [0.2, 0.25) is 0 Å². The molecule has 0 radical (unpaired) electrons. The molecule has 1 saturated heterocycles. The van der Waals surface area contributed by atoms with Gasteiger partial charge in [0.05, 0.1) is 19.2 Å². The molecule has 0 unspecified atom stereocenters. The number of carbonyl (C=O) groups is 2. The van der Waals surface area contributed by atoms with Gasteiger partial charge in [0.15, 0.2) is 0 Å². The van der Waals surface area contributed by atoms with Crippen LogP contribution in [0.4, 0.5) is 5.69 Å². The molecule has 150 valence electrons. The van der Waals surface area contributed by atoms with Crippen molar-refractivity contribution in [3.63, 3.8) is 0 Å². The number of hydrogen-bond donors (Lipinski definition) is 2. The van der Waals surface area contributed by atoms with Crippen LogP contribution in [0.5, 0.6) is 0 Å². The summed E-state index contributed by atoms with van der Waals surface area (Å²) in [5.74, 6) is 0.394. The molecule has 2 aromatic rings. The Morgan fingerprint density at radius 2 is 2.07 bits per heavy atom. The lowest BCUT2D eigenvalue weighted by Gasteiger charge is -2.40. The van der Waals surface area contributed by atoms with Gasteiger partial charge in [-0.15, -0.1) is 0 Å². The van der Waals surface area contributed by atoms with Crippen LogP contribution >= 0.6 is 0 Å². The molecule has 0 aliphatic carbocycles. The van der Waals surface area contributed by atoms with Gasteiger partial charge < -0.3 is 24.6 Å². The summed E-state index contributed by atoms with van der Waals surface area (Å²) in [7, 11) is 1.86. The molecule has 1 aromatic carbocycles. The highest BCUT2D eigenvalue weighted by Crippen LogP contribution is 2.30. The minimum absolute atomic E-state index is 0.0539. The number of carbonyl (C=O) groups excluding carboxylic acids is 2. The first-order valence-electron chi connectivity index (χ1n) is 9.29. The lowest BCUT2D eigenvalue weighted by molar-refractivity contribution is -0.162. The van der Waals surface area contributed by atoms with Gasteiger partial charge in [0.2, 0.25) is 11.8 Å². The Morgan fingerprint density at radius 3 is 2.64 bits per heavy atom. The number of benzene rings is 1. The average molecular weight is 386 g/mol. The Morgan fingerprint density at radius 1 is 1.36 bits per heavy atom. The van der Waals surface area contributed by atoms with E-state index < -0.39 is 12.1 Å². The third-order valence-corrected chi connectivity index (χ3v) is 4.91. The predicted molar refractivity (Wildman–Crippen MR) is 103 cm³/mol. The summed E-state index contributed by atoms with van der Waals surface area (Å²) in [6.45, 7) is 3.68. The lowest BCUT2D eigenvalue weighted by atomic mass is 9.99. The highest BCUT2D eigenvalue weighted by atomic mass is 16.5.